The summed E-state index contributed by atoms with van der Waals surface area (Å²) in [7, 11) is 0. The lowest BCUT2D eigenvalue weighted by atomic mass is 10.1. The molecule has 13 heavy (non-hydrogen) atoms. The molecule has 0 aromatic carbocycles. The van der Waals surface area contributed by atoms with Gasteiger partial charge in [0.25, 0.3) is 0 Å². The van der Waals surface area contributed by atoms with Crippen LogP contribution in [0.15, 0.2) is 0 Å². The van der Waals surface area contributed by atoms with Gasteiger partial charge in [0.15, 0.2) is 0 Å². The summed E-state index contributed by atoms with van der Waals surface area (Å²) in [4.78, 5) is 10.6. The molecular weight excluding hydrogens is 172 g/mol. The van der Waals surface area contributed by atoms with Crippen LogP contribution in [0.4, 0.5) is 0 Å². The van der Waals surface area contributed by atoms with Gasteiger partial charge >= 0.3 is 0 Å². The monoisotopic (exact) mass is 188 g/mol. The molecule has 1 saturated heterocycles. The number of primary amides is 1. The van der Waals surface area contributed by atoms with Crippen LogP contribution in [0, 0.1) is 0 Å². The Hall–Kier alpha value is -0.650. The van der Waals surface area contributed by atoms with E-state index in [1.807, 2.05) is 0 Å². The molecule has 0 aliphatic carbocycles. The van der Waals surface area contributed by atoms with E-state index >= 15 is 0 Å². The summed E-state index contributed by atoms with van der Waals surface area (Å²) in [5.41, 5.74) is 10.4. The average Bonchev–Trinajstić information content (AvgIpc) is 2.15. The van der Waals surface area contributed by atoms with Crippen LogP contribution in [0.25, 0.3) is 0 Å². The van der Waals surface area contributed by atoms with Gasteiger partial charge in [0.05, 0.1) is 12.7 Å². The predicted octanol–water partition coefficient (Wildman–Crippen LogP) is -1.01. The van der Waals surface area contributed by atoms with E-state index in [9.17, 15) is 4.79 Å². The number of carbonyl (C=O) groups excluding carboxylic acids is 1. The number of nitrogens with two attached hydrogens (primary N) is 2. The van der Waals surface area contributed by atoms with E-state index in [4.69, 9.17) is 20.9 Å². The zero-order valence-corrected chi connectivity index (χ0v) is 7.57. The Morgan fingerprint density at radius 2 is 2.15 bits per heavy atom. The molecule has 1 fully saturated rings. The van der Waals surface area contributed by atoms with Gasteiger partial charge < -0.3 is 20.9 Å². The highest BCUT2D eigenvalue weighted by molar-refractivity contribution is 5.79. The molecule has 1 atom stereocenters. The molecule has 1 aliphatic rings. The van der Waals surface area contributed by atoms with Crippen LogP contribution in [0.5, 0.6) is 0 Å². The van der Waals surface area contributed by atoms with Crippen molar-refractivity contribution in [3.05, 3.63) is 0 Å². The fourth-order valence-corrected chi connectivity index (χ4v) is 1.16. The zero-order chi connectivity index (χ0) is 9.68. The maximum Gasteiger partial charge on any atom is 0.236 e. The van der Waals surface area contributed by atoms with E-state index in [1.165, 1.54) is 0 Å². The zero-order valence-electron chi connectivity index (χ0n) is 7.57. The third kappa shape index (κ3) is 3.71. The van der Waals surface area contributed by atoms with E-state index < -0.39 is 11.9 Å². The van der Waals surface area contributed by atoms with Crippen LogP contribution < -0.4 is 11.5 Å². The Bertz CT molecular complexity index is 169. The van der Waals surface area contributed by atoms with Crippen molar-refractivity contribution in [1.82, 2.24) is 0 Å². The number of hydrogen-bond acceptors (Lipinski definition) is 4. The Labute approximate surface area is 77.4 Å². The summed E-state index contributed by atoms with van der Waals surface area (Å²) in [6.07, 6.45) is 1.90. The fourth-order valence-electron chi connectivity index (χ4n) is 1.16. The van der Waals surface area contributed by atoms with Gasteiger partial charge in [-0.2, -0.15) is 0 Å². The summed E-state index contributed by atoms with van der Waals surface area (Å²) >= 11 is 0. The Morgan fingerprint density at radius 3 is 2.69 bits per heavy atom. The van der Waals surface area contributed by atoms with E-state index in [0.29, 0.717) is 0 Å². The van der Waals surface area contributed by atoms with Crippen molar-refractivity contribution in [2.75, 3.05) is 19.8 Å². The number of carbonyl (C=O) groups is 1. The van der Waals surface area contributed by atoms with Gasteiger partial charge in [-0.15, -0.1) is 0 Å². The first-order valence-electron chi connectivity index (χ1n) is 4.44. The first-order valence-corrected chi connectivity index (χ1v) is 4.44. The van der Waals surface area contributed by atoms with Crippen molar-refractivity contribution in [2.45, 2.75) is 25.0 Å². The molecule has 0 saturated carbocycles. The van der Waals surface area contributed by atoms with Gasteiger partial charge in [-0.3, -0.25) is 4.79 Å². The summed E-state index contributed by atoms with van der Waals surface area (Å²) in [6.45, 7) is 1.65. The second kappa shape index (κ2) is 5.16. The molecular formula is C8H16N2O3. The van der Waals surface area contributed by atoms with Crippen molar-refractivity contribution in [1.29, 1.82) is 0 Å². The van der Waals surface area contributed by atoms with Crippen molar-refractivity contribution >= 4 is 5.91 Å². The summed E-state index contributed by atoms with van der Waals surface area (Å²) < 4.78 is 10.6. The average molecular weight is 188 g/mol. The first kappa shape index (κ1) is 10.4. The van der Waals surface area contributed by atoms with Crippen molar-refractivity contribution in [2.24, 2.45) is 11.5 Å². The number of rotatable bonds is 4. The van der Waals surface area contributed by atoms with Gasteiger partial charge in [-0.1, -0.05) is 0 Å². The minimum Gasteiger partial charge on any atom is -0.381 e. The largest absolute Gasteiger partial charge is 0.381 e. The second-order valence-electron chi connectivity index (χ2n) is 3.15. The molecule has 5 heteroatoms. The van der Waals surface area contributed by atoms with E-state index in [2.05, 4.69) is 0 Å². The third-order valence-corrected chi connectivity index (χ3v) is 2.05. The van der Waals surface area contributed by atoms with Crippen LogP contribution in [0.1, 0.15) is 12.8 Å². The second-order valence-corrected chi connectivity index (χ2v) is 3.15. The van der Waals surface area contributed by atoms with Crippen molar-refractivity contribution < 1.29 is 14.3 Å². The normalized spacial score (nSPS) is 21.3. The van der Waals surface area contributed by atoms with Crippen LogP contribution in [-0.4, -0.2) is 37.9 Å². The lowest BCUT2D eigenvalue weighted by Gasteiger charge is -2.23. The molecule has 0 aromatic rings. The van der Waals surface area contributed by atoms with Gasteiger partial charge in [0.1, 0.15) is 6.04 Å². The Kier molecular flexibility index (Phi) is 4.14. The van der Waals surface area contributed by atoms with Crippen LogP contribution in [0.2, 0.25) is 0 Å². The Morgan fingerprint density at radius 1 is 1.54 bits per heavy atom. The number of ether oxygens (including phenoxy) is 2. The molecule has 4 N–H and O–H groups in total. The van der Waals surface area contributed by atoms with E-state index in [-0.39, 0.29) is 12.7 Å². The topological polar surface area (TPSA) is 87.6 Å². The highest BCUT2D eigenvalue weighted by Gasteiger charge is 2.17. The summed E-state index contributed by atoms with van der Waals surface area (Å²) in [5, 5.41) is 0. The van der Waals surface area contributed by atoms with Crippen molar-refractivity contribution in [3.63, 3.8) is 0 Å². The summed E-state index contributed by atoms with van der Waals surface area (Å²) in [5.74, 6) is -0.521. The lowest BCUT2D eigenvalue weighted by molar-refractivity contribution is -0.121. The van der Waals surface area contributed by atoms with Gasteiger partial charge in [0.2, 0.25) is 5.91 Å². The maximum atomic E-state index is 10.6. The molecule has 0 bridgehead atoms. The molecule has 0 aromatic heterocycles. The number of amides is 1. The minimum atomic E-state index is -0.692. The molecule has 76 valence electrons. The van der Waals surface area contributed by atoms with Crippen LogP contribution in [0.3, 0.4) is 0 Å². The van der Waals surface area contributed by atoms with E-state index in [0.717, 1.165) is 26.1 Å². The predicted molar refractivity (Wildman–Crippen MR) is 47.0 cm³/mol. The molecule has 1 amide bonds. The van der Waals surface area contributed by atoms with Gasteiger partial charge in [0, 0.05) is 13.2 Å². The quantitative estimate of drug-likeness (QED) is 0.592. The molecule has 0 spiro atoms. The fraction of sp³-hybridized carbons (Fsp3) is 0.875. The highest BCUT2D eigenvalue weighted by Crippen LogP contribution is 2.10. The number of hydrogen-bond donors (Lipinski definition) is 2. The minimum absolute atomic E-state index is 0.166. The standard InChI is InChI=1S/C8H16N2O3/c9-7(8(10)11)5-13-6-1-3-12-4-2-6/h6-7H,1-5,9H2,(H2,10,11). The first-order chi connectivity index (χ1) is 6.20. The smallest absolute Gasteiger partial charge is 0.236 e. The van der Waals surface area contributed by atoms with Crippen LogP contribution >= 0.6 is 0 Å². The SMILES string of the molecule is NC(=O)C(N)COC1CCOCC1. The molecule has 1 heterocycles. The van der Waals surface area contributed by atoms with Crippen molar-refractivity contribution in [3.8, 4) is 0 Å². The molecule has 1 aliphatic heterocycles. The molecule has 0 radical (unpaired) electrons. The summed E-state index contributed by atoms with van der Waals surface area (Å²) in [6, 6.07) is -0.692. The lowest BCUT2D eigenvalue weighted by Crippen LogP contribution is -2.41. The molecule has 1 rings (SSSR count). The molecule has 5 nitrogen and oxygen atoms in total. The van der Waals surface area contributed by atoms with E-state index in [1.54, 1.807) is 0 Å². The van der Waals surface area contributed by atoms with Crippen LogP contribution in [-0.2, 0) is 14.3 Å². The van der Waals surface area contributed by atoms with Gasteiger partial charge in [-0.05, 0) is 12.8 Å². The third-order valence-electron chi connectivity index (χ3n) is 2.05. The Balaban J connectivity index is 2.13. The molecule has 1 unspecified atom stereocenters. The van der Waals surface area contributed by atoms with Gasteiger partial charge in [-0.25, -0.2) is 0 Å². The maximum absolute atomic E-state index is 10.6. The highest BCUT2D eigenvalue weighted by atomic mass is 16.5.